The number of aromatic amines is 1. The Morgan fingerprint density at radius 3 is 2.43 bits per heavy atom. The van der Waals surface area contributed by atoms with E-state index in [1.54, 1.807) is 6.07 Å². The third-order valence-electron chi connectivity index (χ3n) is 7.44. The van der Waals surface area contributed by atoms with Gasteiger partial charge in [0.05, 0.1) is 4.47 Å². The molecule has 2 N–H and O–H groups in total. The maximum Gasteiger partial charge on any atom is 0.253 e. The second-order valence-electron chi connectivity index (χ2n) is 10.5. The van der Waals surface area contributed by atoms with E-state index in [2.05, 4.69) is 45.2 Å². The first-order chi connectivity index (χ1) is 16.5. The number of benzene rings is 1. The summed E-state index contributed by atoms with van der Waals surface area (Å²) in [5, 5.41) is 2.90. The smallest absolute Gasteiger partial charge is 0.253 e. The molecule has 1 fully saturated rings. The first-order valence-electron chi connectivity index (χ1n) is 12.3. The number of ether oxygens (including phenoxy) is 2. The number of aryl methyl sites for hydroxylation is 2. The van der Waals surface area contributed by atoms with Crippen LogP contribution in [0.2, 0.25) is 0 Å². The van der Waals surface area contributed by atoms with Gasteiger partial charge in [-0.1, -0.05) is 0 Å². The molecule has 0 radical (unpaired) electrons. The number of hydrogen-bond acceptors (Lipinski definition) is 5. The molecule has 190 valence electrons. The predicted octanol–water partition coefficient (Wildman–Crippen LogP) is 4.99. The van der Waals surface area contributed by atoms with Crippen molar-refractivity contribution in [3.63, 3.8) is 0 Å². The molecule has 1 aliphatic heterocycles. The summed E-state index contributed by atoms with van der Waals surface area (Å²) in [5.74, 6) is 0.785. The number of nitrogens with zero attached hydrogens (tertiary/aromatic N) is 1. The van der Waals surface area contributed by atoms with Crippen LogP contribution < -0.4 is 20.3 Å². The number of rotatable bonds is 6. The lowest BCUT2D eigenvalue weighted by Gasteiger charge is -2.35. The Balaban J connectivity index is 1.47. The van der Waals surface area contributed by atoms with Crippen molar-refractivity contribution >= 4 is 21.8 Å². The van der Waals surface area contributed by atoms with Crippen LogP contribution in [0.15, 0.2) is 21.4 Å². The average Bonchev–Trinajstić information content (AvgIpc) is 3.13. The fourth-order valence-corrected chi connectivity index (χ4v) is 5.94. The standard InChI is InChI=1S/C27H36BrN3O4/c1-15-11-16(2)30-26(33)21(15)14-29-25(32)20-12-22(28)24-23(17(20)3)34-27(4,35-24)13-18-7-9-19(10-8-18)31(5)6/h11-12,18-19H,7-10,13-14H2,1-6H3,(H,29,32)(H,30,33)/t18-,19-,27?. The molecule has 0 saturated heterocycles. The van der Waals surface area contributed by atoms with Crippen molar-refractivity contribution in [3.05, 3.63) is 54.9 Å². The van der Waals surface area contributed by atoms with Crippen LogP contribution in [0.1, 0.15) is 71.8 Å². The van der Waals surface area contributed by atoms with E-state index in [0.29, 0.717) is 39.1 Å². The Bertz CT molecular complexity index is 1180. The summed E-state index contributed by atoms with van der Waals surface area (Å²) in [6, 6.07) is 4.32. The molecule has 0 bridgehead atoms. The van der Waals surface area contributed by atoms with Crippen LogP contribution in [-0.2, 0) is 6.54 Å². The van der Waals surface area contributed by atoms with Gasteiger partial charge in [-0.05, 0) is 100 Å². The van der Waals surface area contributed by atoms with Gasteiger partial charge in [-0.3, -0.25) is 9.59 Å². The van der Waals surface area contributed by atoms with Gasteiger partial charge in [0, 0.05) is 48.3 Å². The van der Waals surface area contributed by atoms with Gasteiger partial charge < -0.3 is 24.7 Å². The van der Waals surface area contributed by atoms with Crippen molar-refractivity contribution in [2.45, 2.75) is 78.2 Å². The summed E-state index contributed by atoms with van der Waals surface area (Å²) in [7, 11) is 4.31. The van der Waals surface area contributed by atoms with Crippen molar-refractivity contribution in [2.75, 3.05) is 14.1 Å². The van der Waals surface area contributed by atoms with E-state index >= 15 is 0 Å². The number of carbonyl (C=O) groups is 1. The minimum absolute atomic E-state index is 0.152. The molecule has 8 heteroatoms. The third-order valence-corrected chi connectivity index (χ3v) is 8.03. The first-order valence-corrected chi connectivity index (χ1v) is 13.1. The zero-order valence-corrected chi connectivity index (χ0v) is 23.1. The van der Waals surface area contributed by atoms with E-state index < -0.39 is 5.79 Å². The second kappa shape index (κ2) is 9.97. The fraction of sp³-hybridized carbons (Fsp3) is 0.556. The van der Waals surface area contributed by atoms with Crippen LogP contribution in [-0.4, -0.2) is 41.7 Å². The summed E-state index contributed by atoms with van der Waals surface area (Å²) in [4.78, 5) is 30.5. The molecule has 1 atom stereocenters. The van der Waals surface area contributed by atoms with Gasteiger partial charge in [-0.15, -0.1) is 0 Å². The molecular weight excluding hydrogens is 510 g/mol. The number of halogens is 1. The quantitative estimate of drug-likeness (QED) is 0.534. The minimum atomic E-state index is -0.757. The van der Waals surface area contributed by atoms with Crippen LogP contribution in [0.25, 0.3) is 0 Å². The topological polar surface area (TPSA) is 83.7 Å². The van der Waals surface area contributed by atoms with Gasteiger partial charge in [-0.2, -0.15) is 0 Å². The molecule has 1 aliphatic carbocycles. The third kappa shape index (κ3) is 5.43. The normalized spacial score (nSPS) is 23.5. The molecule has 1 saturated carbocycles. The van der Waals surface area contributed by atoms with Crippen LogP contribution >= 0.6 is 15.9 Å². The van der Waals surface area contributed by atoms with Gasteiger partial charge in [0.25, 0.3) is 11.5 Å². The summed E-state index contributed by atoms with van der Waals surface area (Å²) < 4.78 is 13.4. The lowest BCUT2D eigenvalue weighted by molar-refractivity contribution is -0.0842. The van der Waals surface area contributed by atoms with Crippen molar-refractivity contribution in [1.82, 2.24) is 15.2 Å². The Hall–Kier alpha value is -2.32. The molecule has 7 nitrogen and oxygen atoms in total. The molecular formula is C27H36BrN3O4. The Morgan fingerprint density at radius 2 is 1.80 bits per heavy atom. The van der Waals surface area contributed by atoms with Crippen molar-refractivity contribution in [1.29, 1.82) is 0 Å². The SMILES string of the molecule is Cc1cc(C)c(CNC(=O)c2cc(Br)c3c(c2C)OC(C)(C[C@H]2CC[C@H](N(C)C)CC2)O3)c(=O)[nH]1. The molecule has 2 heterocycles. The summed E-state index contributed by atoms with van der Waals surface area (Å²) in [5.41, 5.74) is 3.25. The van der Waals surface area contributed by atoms with Gasteiger partial charge >= 0.3 is 0 Å². The Morgan fingerprint density at radius 1 is 1.14 bits per heavy atom. The molecule has 1 aromatic heterocycles. The van der Waals surface area contributed by atoms with Gasteiger partial charge in [0.2, 0.25) is 5.79 Å². The maximum atomic E-state index is 13.1. The van der Waals surface area contributed by atoms with E-state index in [0.717, 1.165) is 36.1 Å². The molecule has 2 aliphatic rings. The fourth-order valence-electron chi connectivity index (χ4n) is 5.45. The number of pyridine rings is 1. The molecule has 1 unspecified atom stereocenters. The number of carbonyl (C=O) groups excluding carboxylic acids is 1. The zero-order chi connectivity index (χ0) is 25.5. The molecule has 2 aromatic rings. The Labute approximate surface area is 215 Å². The number of H-pyrrole nitrogens is 1. The van der Waals surface area contributed by atoms with Gasteiger partial charge in [0.1, 0.15) is 0 Å². The summed E-state index contributed by atoms with van der Waals surface area (Å²) in [6.07, 6.45) is 5.51. The maximum absolute atomic E-state index is 13.1. The van der Waals surface area contributed by atoms with Crippen LogP contribution in [0.4, 0.5) is 0 Å². The first kappa shape index (κ1) is 25.8. The van der Waals surface area contributed by atoms with E-state index in [1.165, 1.54) is 12.8 Å². The van der Waals surface area contributed by atoms with E-state index in [-0.39, 0.29) is 18.0 Å². The lowest BCUT2D eigenvalue weighted by atomic mass is 9.82. The molecule has 1 amide bonds. The second-order valence-corrected chi connectivity index (χ2v) is 11.3. The number of amides is 1. The highest BCUT2D eigenvalue weighted by Gasteiger charge is 2.42. The molecule has 1 aromatic carbocycles. The Kier molecular flexibility index (Phi) is 7.34. The van der Waals surface area contributed by atoms with E-state index in [9.17, 15) is 9.59 Å². The number of nitrogens with one attached hydrogen (secondary N) is 2. The van der Waals surface area contributed by atoms with E-state index in [1.807, 2.05) is 33.8 Å². The summed E-state index contributed by atoms with van der Waals surface area (Å²) in [6.45, 7) is 7.73. The van der Waals surface area contributed by atoms with Crippen molar-refractivity contribution < 1.29 is 14.3 Å². The van der Waals surface area contributed by atoms with Gasteiger partial charge in [-0.25, -0.2) is 0 Å². The van der Waals surface area contributed by atoms with Gasteiger partial charge in [0.15, 0.2) is 11.5 Å². The van der Waals surface area contributed by atoms with Crippen LogP contribution in [0.3, 0.4) is 0 Å². The zero-order valence-electron chi connectivity index (χ0n) is 21.5. The summed E-state index contributed by atoms with van der Waals surface area (Å²) >= 11 is 3.58. The number of aromatic nitrogens is 1. The number of fused-ring (bicyclic) bond motifs is 1. The highest BCUT2D eigenvalue weighted by Crippen LogP contribution is 2.50. The van der Waals surface area contributed by atoms with E-state index in [4.69, 9.17) is 9.47 Å². The lowest BCUT2D eigenvalue weighted by Crippen LogP contribution is -2.39. The molecule has 35 heavy (non-hydrogen) atoms. The average molecular weight is 547 g/mol. The highest BCUT2D eigenvalue weighted by molar-refractivity contribution is 9.10. The van der Waals surface area contributed by atoms with Crippen molar-refractivity contribution in [2.24, 2.45) is 5.92 Å². The molecule has 4 rings (SSSR count). The van der Waals surface area contributed by atoms with Crippen LogP contribution in [0.5, 0.6) is 11.5 Å². The predicted molar refractivity (Wildman–Crippen MR) is 140 cm³/mol. The molecule has 0 spiro atoms. The number of hydrogen-bond donors (Lipinski definition) is 2. The van der Waals surface area contributed by atoms with Crippen molar-refractivity contribution in [3.8, 4) is 11.5 Å². The monoisotopic (exact) mass is 545 g/mol. The minimum Gasteiger partial charge on any atom is -0.448 e. The van der Waals surface area contributed by atoms with Crippen LogP contribution in [0, 0.1) is 26.7 Å². The highest BCUT2D eigenvalue weighted by atomic mass is 79.9. The largest absolute Gasteiger partial charge is 0.448 e.